The van der Waals surface area contributed by atoms with Gasteiger partial charge in [0, 0.05) is 11.6 Å². The minimum atomic E-state index is -0.362. The summed E-state index contributed by atoms with van der Waals surface area (Å²) >= 11 is 3.09. The maximum absolute atomic E-state index is 13.2. The van der Waals surface area contributed by atoms with E-state index in [1.54, 1.807) is 0 Å². The van der Waals surface area contributed by atoms with Crippen LogP contribution in [0.15, 0.2) is 22.7 Å². The topological polar surface area (TPSA) is 32.3 Å². The molecule has 0 saturated carbocycles. The van der Waals surface area contributed by atoms with Crippen LogP contribution in [0.2, 0.25) is 0 Å². The summed E-state index contributed by atoms with van der Waals surface area (Å²) in [5.41, 5.74) is 0.471. The van der Waals surface area contributed by atoms with Crippen molar-refractivity contribution in [2.75, 3.05) is 19.6 Å². The Kier molecular flexibility index (Phi) is 7.89. The quantitative estimate of drug-likeness (QED) is 0.765. The molecule has 1 N–H and O–H groups in total. The van der Waals surface area contributed by atoms with Crippen LogP contribution in [0.3, 0.4) is 0 Å². The molecule has 21 heavy (non-hydrogen) atoms. The average molecular weight is 359 g/mol. The molecule has 1 atom stereocenters. The number of rotatable bonds is 8. The zero-order chi connectivity index (χ0) is 15.8. The van der Waals surface area contributed by atoms with Gasteiger partial charge in [0.1, 0.15) is 5.82 Å². The molecule has 0 aliphatic carbocycles. The molecule has 1 unspecified atom stereocenters. The summed E-state index contributed by atoms with van der Waals surface area (Å²) < 4.78 is 13.5. The number of benzene rings is 1. The SMILES string of the molecule is CCN(CC)CCCC(C)NC(=O)c1ccc(F)c(Br)c1. The van der Waals surface area contributed by atoms with Gasteiger partial charge in [0.05, 0.1) is 4.47 Å². The normalized spacial score (nSPS) is 12.5. The van der Waals surface area contributed by atoms with Gasteiger partial charge < -0.3 is 10.2 Å². The first-order valence-electron chi connectivity index (χ1n) is 7.46. The monoisotopic (exact) mass is 358 g/mol. The molecule has 0 saturated heterocycles. The largest absolute Gasteiger partial charge is 0.350 e. The molecule has 1 amide bonds. The number of nitrogens with one attached hydrogen (secondary N) is 1. The third-order valence-corrected chi connectivity index (χ3v) is 4.17. The molecule has 0 aliphatic heterocycles. The molecule has 118 valence electrons. The smallest absolute Gasteiger partial charge is 0.251 e. The molecule has 5 heteroatoms. The van der Waals surface area contributed by atoms with E-state index in [2.05, 4.69) is 40.0 Å². The number of hydrogen-bond donors (Lipinski definition) is 1. The maximum atomic E-state index is 13.2. The summed E-state index contributed by atoms with van der Waals surface area (Å²) in [7, 11) is 0. The van der Waals surface area contributed by atoms with E-state index in [0.29, 0.717) is 10.0 Å². The maximum Gasteiger partial charge on any atom is 0.251 e. The Labute approximate surface area is 135 Å². The van der Waals surface area contributed by atoms with Gasteiger partial charge in [-0.2, -0.15) is 0 Å². The van der Waals surface area contributed by atoms with Crippen LogP contribution in [-0.2, 0) is 0 Å². The highest BCUT2D eigenvalue weighted by Crippen LogP contribution is 2.17. The summed E-state index contributed by atoms with van der Waals surface area (Å²) in [5.74, 6) is -0.523. The van der Waals surface area contributed by atoms with E-state index >= 15 is 0 Å². The number of carbonyl (C=O) groups is 1. The summed E-state index contributed by atoms with van der Waals surface area (Å²) in [4.78, 5) is 14.4. The van der Waals surface area contributed by atoms with E-state index in [4.69, 9.17) is 0 Å². The van der Waals surface area contributed by atoms with Crippen molar-refractivity contribution in [3.63, 3.8) is 0 Å². The third kappa shape index (κ3) is 6.14. The van der Waals surface area contributed by atoms with E-state index in [-0.39, 0.29) is 17.8 Å². The lowest BCUT2D eigenvalue weighted by atomic mass is 10.1. The minimum absolute atomic E-state index is 0.108. The van der Waals surface area contributed by atoms with Gasteiger partial charge in [-0.25, -0.2) is 4.39 Å². The van der Waals surface area contributed by atoms with Crippen LogP contribution in [0.4, 0.5) is 4.39 Å². The van der Waals surface area contributed by atoms with Gasteiger partial charge >= 0.3 is 0 Å². The molecular weight excluding hydrogens is 335 g/mol. The van der Waals surface area contributed by atoms with Crippen LogP contribution in [0, 0.1) is 5.82 Å². The zero-order valence-corrected chi connectivity index (χ0v) is 14.5. The minimum Gasteiger partial charge on any atom is -0.350 e. The van der Waals surface area contributed by atoms with E-state index in [0.717, 1.165) is 32.5 Å². The second kappa shape index (κ2) is 9.15. The second-order valence-corrected chi connectivity index (χ2v) is 6.03. The number of carbonyl (C=O) groups excluding carboxylic acids is 1. The van der Waals surface area contributed by atoms with Crippen LogP contribution >= 0.6 is 15.9 Å². The lowest BCUT2D eigenvalue weighted by molar-refractivity contribution is 0.0937. The molecule has 0 radical (unpaired) electrons. The lowest BCUT2D eigenvalue weighted by Gasteiger charge is -2.19. The average Bonchev–Trinajstić information content (AvgIpc) is 2.46. The third-order valence-electron chi connectivity index (χ3n) is 3.57. The van der Waals surface area contributed by atoms with Gasteiger partial charge in [-0.3, -0.25) is 4.79 Å². The fourth-order valence-corrected chi connectivity index (χ4v) is 2.56. The van der Waals surface area contributed by atoms with Gasteiger partial charge in [0.2, 0.25) is 0 Å². The number of hydrogen-bond acceptors (Lipinski definition) is 2. The Morgan fingerprint density at radius 1 is 1.38 bits per heavy atom. The number of nitrogens with zero attached hydrogens (tertiary/aromatic N) is 1. The van der Waals surface area contributed by atoms with Crippen LogP contribution in [0.1, 0.15) is 44.0 Å². The van der Waals surface area contributed by atoms with Crippen molar-refractivity contribution in [2.45, 2.75) is 39.7 Å². The van der Waals surface area contributed by atoms with Crippen molar-refractivity contribution in [3.05, 3.63) is 34.1 Å². The van der Waals surface area contributed by atoms with Crippen LogP contribution in [-0.4, -0.2) is 36.5 Å². The highest BCUT2D eigenvalue weighted by molar-refractivity contribution is 9.10. The summed E-state index contributed by atoms with van der Waals surface area (Å²) in [6.45, 7) is 9.47. The number of halogens is 2. The summed E-state index contributed by atoms with van der Waals surface area (Å²) in [6, 6.07) is 4.41. The predicted molar refractivity (Wildman–Crippen MR) is 88.1 cm³/mol. The van der Waals surface area contributed by atoms with Gasteiger partial charge in [0.15, 0.2) is 0 Å². The van der Waals surface area contributed by atoms with Crippen molar-refractivity contribution in [1.29, 1.82) is 0 Å². The highest BCUT2D eigenvalue weighted by atomic mass is 79.9. The van der Waals surface area contributed by atoms with Crippen molar-refractivity contribution in [3.8, 4) is 0 Å². The fraction of sp³-hybridized carbons (Fsp3) is 0.562. The molecule has 0 aliphatic rings. The predicted octanol–water partition coefficient (Wildman–Crippen LogP) is 3.83. The Morgan fingerprint density at radius 2 is 2.05 bits per heavy atom. The standard InChI is InChI=1S/C16H24BrFN2O/c1-4-20(5-2)10-6-7-12(3)19-16(21)13-8-9-15(18)14(17)11-13/h8-9,11-12H,4-7,10H2,1-3H3,(H,19,21). The van der Waals surface area contributed by atoms with Crippen LogP contribution < -0.4 is 5.32 Å². The molecule has 1 rings (SSSR count). The highest BCUT2D eigenvalue weighted by Gasteiger charge is 2.11. The Balaban J connectivity index is 2.41. The van der Waals surface area contributed by atoms with Gasteiger partial charge in [-0.1, -0.05) is 13.8 Å². The molecule has 0 aromatic heterocycles. The number of amides is 1. The van der Waals surface area contributed by atoms with Gasteiger partial charge in [0.25, 0.3) is 5.91 Å². The zero-order valence-electron chi connectivity index (χ0n) is 13.0. The first-order chi connectivity index (χ1) is 9.97. The Bertz CT molecular complexity index is 464. The Morgan fingerprint density at radius 3 is 2.62 bits per heavy atom. The molecular formula is C16H24BrFN2O. The van der Waals surface area contributed by atoms with Crippen LogP contribution in [0.5, 0.6) is 0 Å². The molecule has 1 aromatic carbocycles. The van der Waals surface area contributed by atoms with Crippen molar-refractivity contribution >= 4 is 21.8 Å². The van der Waals surface area contributed by atoms with Gasteiger partial charge in [-0.15, -0.1) is 0 Å². The fourth-order valence-electron chi connectivity index (χ4n) is 2.18. The summed E-state index contributed by atoms with van der Waals surface area (Å²) in [6.07, 6.45) is 1.99. The van der Waals surface area contributed by atoms with Gasteiger partial charge in [-0.05, 0) is 73.5 Å². The lowest BCUT2D eigenvalue weighted by Crippen LogP contribution is -2.33. The molecule has 0 spiro atoms. The van der Waals surface area contributed by atoms with E-state index < -0.39 is 0 Å². The van der Waals surface area contributed by atoms with E-state index in [1.165, 1.54) is 18.2 Å². The second-order valence-electron chi connectivity index (χ2n) is 5.17. The van der Waals surface area contributed by atoms with E-state index in [9.17, 15) is 9.18 Å². The molecule has 0 heterocycles. The van der Waals surface area contributed by atoms with Crippen molar-refractivity contribution < 1.29 is 9.18 Å². The Hall–Kier alpha value is -0.940. The first kappa shape index (κ1) is 18.1. The molecule has 1 aromatic rings. The van der Waals surface area contributed by atoms with Crippen molar-refractivity contribution in [2.24, 2.45) is 0 Å². The van der Waals surface area contributed by atoms with Crippen molar-refractivity contribution in [1.82, 2.24) is 10.2 Å². The van der Waals surface area contributed by atoms with Crippen LogP contribution in [0.25, 0.3) is 0 Å². The summed E-state index contributed by atoms with van der Waals surface area (Å²) in [5, 5.41) is 2.95. The van der Waals surface area contributed by atoms with E-state index in [1.807, 2.05) is 6.92 Å². The molecule has 3 nitrogen and oxygen atoms in total. The molecule has 0 fully saturated rings. The first-order valence-corrected chi connectivity index (χ1v) is 8.25. The molecule has 0 bridgehead atoms.